The minimum Gasteiger partial charge on any atom is -0.462 e. The van der Waals surface area contributed by atoms with Gasteiger partial charge in [-0.05, 0) is 163 Å². The minimum absolute atomic E-state index is 0.0498. The third-order valence-corrected chi connectivity index (χ3v) is 28.8. The highest BCUT2D eigenvalue weighted by molar-refractivity contribution is 14.1. The Morgan fingerprint density at radius 3 is 1.63 bits per heavy atom. The lowest BCUT2D eigenvalue weighted by Crippen LogP contribution is -2.55. The van der Waals surface area contributed by atoms with E-state index in [0.717, 1.165) is 155 Å². The topological polar surface area (TPSA) is 258 Å². The summed E-state index contributed by atoms with van der Waals surface area (Å²) in [5.41, 5.74) is 14.8. The first-order valence-corrected chi connectivity index (χ1v) is 46.0. The van der Waals surface area contributed by atoms with E-state index < -0.39 is 0 Å². The lowest BCUT2D eigenvalue weighted by Gasteiger charge is -2.43. The quantitative estimate of drug-likeness (QED) is 0.0309. The number of anilines is 8. The molecule has 9 aliphatic heterocycles. The molecule has 0 N–H and O–H groups in total. The van der Waals surface area contributed by atoms with Crippen molar-refractivity contribution in [1.29, 1.82) is 15.8 Å². The molecule has 6 saturated heterocycles. The van der Waals surface area contributed by atoms with Crippen LogP contribution in [0.5, 0.6) is 6.01 Å². The molecular formula is C97H117IN24O4. The van der Waals surface area contributed by atoms with Crippen molar-refractivity contribution >= 4 is 109 Å². The van der Waals surface area contributed by atoms with E-state index in [1.807, 2.05) is 30.0 Å². The Labute approximate surface area is 755 Å². The molecule has 28 nitrogen and oxygen atoms in total. The van der Waals surface area contributed by atoms with E-state index >= 15 is 0 Å². The summed E-state index contributed by atoms with van der Waals surface area (Å²) in [5.74, 6) is 3.89. The number of ether oxygens (including phenoxy) is 1. The van der Waals surface area contributed by atoms with Crippen molar-refractivity contribution < 1.29 is 19.1 Å². The average Bonchev–Trinajstić information content (AvgIpc) is 0.850. The van der Waals surface area contributed by atoms with Crippen molar-refractivity contribution in [3.8, 4) is 24.2 Å². The number of aromatic nitrogens is 6. The van der Waals surface area contributed by atoms with Gasteiger partial charge in [0.2, 0.25) is 29.6 Å². The van der Waals surface area contributed by atoms with E-state index in [0.29, 0.717) is 116 Å². The van der Waals surface area contributed by atoms with Crippen LogP contribution in [0.1, 0.15) is 107 Å². The highest BCUT2D eigenvalue weighted by Crippen LogP contribution is 2.44. The van der Waals surface area contributed by atoms with Crippen molar-refractivity contribution in [3.05, 3.63) is 184 Å². The monoisotopic (exact) mass is 1810 g/mol. The van der Waals surface area contributed by atoms with Crippen LogP contribution >= 0.6 is 22.9 Å². The number of likely N-dealkylation sites (tertiary alicyclic amines) is 1. The largest absolute Gasteiger partial charge is 0.462 e. The van der Waals surface area contributed by atoms with Crippen LogP contribution in [0.2, 0.25) is 0 Å². The summed E-state index contributed by atoms with van der Waals surface area (Å²) in [6, 6.07) is 40.5. The zero-order chi connectivity index (χ0) is 87.6. The van der Waals surface area contributed by atoms with Gasteiger partial charge in [-0.1, -0.05) is 92.0 Å². The molecule has 126 heavy (non-hydrogen) atoms. The molecule has 0 saturated carbocycles. The Kier molecular flexibility index (Phi) is 26.3. The number of carbonyl (C=O) groups excluding carboxylic acids is 3. The van der Waals surface area contributed by atoms with Gasteiger partial charge in [-0.2, -0.15) is 35.7 Å². The van der Waals surface area contributed by atoms with Gasteiger partial charge in [0.15, 0.2) is 0 Å². The molecular weight excluding hydrogens is 1690 g/mol. The van der Waals surface area contributed by atoms with E-state index in [9.17, 15) is 30.2 Å². The normalized spacial score (nSPS) is 21.8. The van der Waals surface area contributed by atoms with Gasteiger partial charge in [-0.3, -0.25) is 24.2 Å². The summed E-state index contributed by atoms with van der Waals surface area (Å²) < 4.78 is 9.28. The molecule has 7 atom stereocenters. The van der Waals surface area contributed by atoms with Crippen molar-refractivity contribution in [1.82, 2.24) is 62.4 Å². The lowest BCUT2D eigenvalue weighted by molar-refractivity contribution is -0.129. The summed E-state index contributed by atoms with van der Waals surface area (Å²) in [7, 11) is 10.5. The van der Waals surface area contributed by atoms with Crippen molar-refractivity contribution in [2.75, 3.05) is 199 Å². The molecule has 29 heteroatoms. The van der Waals surface area contributed by atoms with E-state index in [1.165, 1.54) is 73.0 Å². The molecule has 8 aromatic rings. The number of halogens is 1. The molecule has 0 radical (unpaired) electrons. The molecule has 9 aliphatic rings. The predicted molar refractivity (Wildman–Crippen MR) is 504 cm³/mol. The summed E-state index contributed by atoms with van der Waals surface area (Å²) in [6.45, 7) is 26.4. The number of nitrogens with zero attached hydrogens (tertiary/aromatic N) is 24. The van der Waals surface area contributed by atoms with Crippen LogP contribution in [0, 0.1) is 47.8 Å². The van der Waals surface area contributed by atoms with Gasteiger partial charge in [0.25, 0.3) is 0 Å². The Balaban J connectivity index is 0.612. The molecule has 3 amide bonds. The van der Waals surface area contributed by atoms with Crippen LogP contribution in [0.3, 0.4) is 0 Å². The highest BCUT2D eigenvalue weighted by atomic mass is 127. The van der Waals surface area contributed by atoms with Crippen LogP contribution in [0.15, 0.2) is 128 Å². The van der Waals surface area contributed by atoms with E-state index in [1.54, 1.807) is 15.9 Å². The molecule has 12 heterocycles. The molecule has 0 aliphatic carbocycles. The Hall–Kier alpha value is -11.3. The first kappa shape index (κ1) is 86.8. The van der Waals surface area contributed by atoms with E-state index in [4.69, 9.17) is 34.6 Å². The molecule has 0 spiro atoms. The fraction of sp³-hybridized carbons (Fsp3) is 0.485. The smallest absolute Gasteiger partial charge is 0.318 e. The van der Waals surface area contributed by atoms with Gasteiger partial charge in [0, 0.05) is 216 Å². The second kappa shape index (κ2) is 38.1. The van der Waals surface area contributed by atoms with Crippen molar-refractivity contribution in [2.45, 2.75) is 146 Å². The predicted octanol–water partition coefficient (Wildman–Crippen LogP) is 10.8. The maximum Gasteiger partial charge on any atom is 0.318 e. The van der Waals surface area contributed by atoms with Gasteiger partial charge in [-0.15, -0.1) is 0 Å². The molecule has 17 rings (SSSR count). The number of nitriles is 3. The maximum absolute atomic E-state index is 13.9. The number of carbonyl (C=O) groups is 3. The number of amides is 3. The van der Waals surface area contributed by atoms with Crippen LogP contribution in [-0.2, 0) is 59.8 Å². The molecule has 2 unspecified atom stereocenters. The standard InChI is InChI=1S/C97H117IN24O4/c1-10-89(123)120-48-45-115(58-72(120)29-36-99)92-81-34-43-113(62-84(81)102-95(105-92)118-40-17-21-71(57-118)111(9)98)87-28-27-76(78-23-14-15-24-79(78)87)69-53-75(110(8)55-69)64-126-97-104-85-63-114(44-35-82(85)94(107-97)117-47-50-122(74(60-117)31-38-101)91(125)26-18-39-108(5)6)88-52-67(51-65(3)66(88)4)54-109(7)70-32-41-119(56-70)96-103-83-61-112(86-25-16-20-68-19-12-13-22-77(68)86)42-33-80(83)93(106-96)116-46-49-121(90(124)11-2)73(59-116)30-37-100/h10-16,18-20,22-28,51-52,69-75H,1-2,17,21,29-35,39-50,53-64H2,3-9H3/b26-18+/t69?,70-,71?,72-,73-,74-,75-/m0/s1. The van der Waals surface area contributed by atoms with E-state index in [-0.39, 0.29) is 73.1 Å². The second-order valence-electron chi connectivity index (χ2n) is 36.1. The SMILES string of the molecule is C=CC(=O)N1CCN(c2nc(N3CCCC(N(C)I)C3)nc3c2CCN(c2ccc(C4C[C@@H](COc5nc6c(c(N7CCN(C(=O)/C=C/CN(C)C)[C@@H](CC#N)C7)n5)CCN(c5cc(CN(C)[C@H]7CCN(c8nc9c(c(N%10CCN(C(=O)C=C)[C@@H](CC#N)C%10)n8)CCN(c8cccc%10ccccc8%10)C9)C7)cc(C)c5C)C6)N(C)C4)c4ccccc24)C3)C[C@@H]1CC#N. The number of fused-ring (bicyclic) bond motifs is 5. The molecule has 3 aromatic heterocycles. The van der Waals surface area contributed by atoms with E-state index in [2.05, 4.69) is 232 Å². The number of benzene rings is 5. The Bertz CT molecular complexity index is 5600. The summed E-state index contributed by atoms with van der Waals surface area (Å²) in [4.78, 5) is 104. The molecule has 0 bridgehead atoms. The van der Waals surface area contributed by atoms with Crippen molar-refractivity contribution in [2.24, 2.45) is 0 Å². The summed E-state index contributed by atoms with van der Waals surface area (Å²) in [5, 5.41) is 35.2. The molecule has 6 fully saturated rings. The minimum atomic E-state index is -0.352. The van der Waals surface area contributed by atoms with Gasteiger partial charge < -0.3 is 63.5 Å². The van der Waals surface area contributed by atoms with Crippen LogP contribution in [0.25, 0.3) is 21.5 Å². The van der Waals surface area contributed by atoms with Crippen LogP contribution in [-0.4, -0.2) is 276 Å². The number of aryl methyl sites for hydroxylation is 1. The Morgan fingerprint density at radius 1 is 0.524 bits per heavy atom. The summed E-state index contributed by atoms with van der Waals surface area (Å²) >= 11 is 2.41. The Morgan fingerprint density at radius 2 is 1.05 bits per heavy atom. The molecule has 5 aromatic carbocycles. The highest BCUT2D eigenvalue weighted by Gasteiger charge is 2.41. The third-order valence-electron chi connectivity index (χ3n) is 28.0. The van der Waals surface area contributed by atoms with Crippen LogP contribution in [0.4, 0.5) is 46.4 Å². The zero-order valence-electron chi connectivity index (χ0n) is 74.0. The first-order chi connectivity index (χ1) is 61.2. The number of rotatable bonds is 24. The molecule has 656 valence electrons. The lowest BCUT2D eigenvalue weighted by atomic mass is 9.90. The van der Waals surface area contributed by atoms with Gasteiger partial charge in [0.05, 0.1) is 92.3 Å². The number of hydrogen-bond donors (Lipinski definition) is 0. The fourth-order valence-electron chi connectivity index (χ4n) is 21.0. The number of hydrogen-bond acceptors (Lipinski definition) is 25. The number of likely N-dealkylation sites (N-methyl/N-ethyl adjacent to an activating group) is 4. The zero-order valence-corrected chi connectivity index (χ0v) is 76.2. The fourth-order valence-corrected chi connectivity index (χ4v) is 21.5. The maximum atomic E-state index is 13.9. The van der Waals surface area contributed by atoms with Gasteiger partial charge in [-0.25, -0.2) is 13.1 Å². The number of piperazine rings is 3. The second-order valence-corrected chi connectivity index (χ2v) is 37.6. The van der Waals surface area contributed by atoms with Crippen molar-refractivity contribution in [3.63, 3.8) is 0 Å². The van der Waals surface area contributed by atoms with Crippen LogP contribution < -0.4 is 43.9 Å². The first-order valence-electron chi connectivity index (χ1n) is 45.0. The average molecular weight is 1810 g/mol. The van der Waals surface area contributed by atoms with Gasteiger partial charge in [0.1, 0.15) is 24.1 Å². The van der Waals surface area contributed by atoms with Gasteiger partial charge >= 0.3 is 6.01 Å². The number of piperidine rings is 1. The summed E-state index contributed by atoms with van der Waals surface area (Å²) in [6.07, 6.45) is 13.0. The third kappa shape index (κ3) is 18.1.